The fraction of sp³-hybridized carbons (Fsp3) is 0.190. The van der Waals surface area contributed by atoms with Crippen molar-refractivity contribution in [1.82, 2.24) is 4.90 Å². The molecule has 3 nitrogen and oxygen atoms in total. The van der Waals surface area contributed by atoms with Crippen molar-refractivity contribution in [1.29, 1.82) is 0 Å². The van der Waals surface area contributed by atoms with Gasteiger partial charge in [0, 0.05) is 13.1 Å². The summed E-state index contributed by atoms with van der Waals surface area (Å²) in [5.41, 5.74) is 9.77. The summed E-state index contributed by atoms with van der Waals surface area (Å²) in [5, 5.41) is 2.39. The first kappa shape index (κ1) is 14.9. The van der Waals surface area contributed by atoms with Gasteiger partial charge in [-0.1, -0.05) is 66.7 Å². The minimum atomic E-state index is -0.500. The van der Waals surface area contributed by atoms with Crippen LogP contribution in [0.1, 0.15) is 16.7 Å². The molecule has 0 spiro atoms. The summed E-state index contributed by atoms with van der Waals surface area (Å²) in [7, 11) is 0. The fourth-order valence-corrected chi connectivity index (χ4v) is 3.43. The van der Waals surface area contributed by atoms with E-state index in [1.54, 1.807) is 0 Å². The van der Waals surface area contributed by atoms with Crippen LogP contribution in [0.4, 0.5) is 0 Å². The van der Waals surface area contributed by atoms with Gasteiger partial charge in [0.2, 0.25) is 5.91 Å². The summed E-state index contributed by atoms with van der Waals surface area (Å²) in [4.78, 5) is 14.5. The highest BCUT2D eigenvalue weighted by Crippen LogP contribution is 2.23. The number of hydrogen-bond acceptors (Lipinski definition) is 2. The van der Waals surface area contributed by atoms with Gasteiger partial charge in [-0.2, -0.15) is 0 Å². The molecule has 0 fully saturated rings. The maximum absolute atomic E-state index is 12.7. The molecule has 2 N–H and O–H groups in total. The molecule has 1 aliphatic heterocycles. The van der Waals surface area contributed by atoms with Crippen LogP contribution >= 0.6 is 0 Å². The van der Waals surface area contributed by atoms with E-state index in [4.69, 9.17) is 5.73 Å². The van der Waals surface area contributed by atoms with Gasteiger partial charge in [-0.3, -0.25) is 4.79 Å². The average molecular weight is 316 g/mol. The molecule has 3 aromatic rings. The molecule has 3 aromatic carbocycles. The lowest BCUT2D eigenvalue weighted by atomic mass is 10.0. The van der Waals surface area contributed by atoms with Crippen LogP contribution in [0.15, 0.2) is 66.7 Å². The highest BCUT2D eigenvalue weighted by molar-refractivity contribution is 5.84. The van der Waals surface area contributed by atoms with Crippen molar-refractivity contribution in [2.24, 2.45) is 5.73 Å². The predicted octanol–water partition coefficient (Wildman–Crippen LogP) is 3.25. The Morgan fingerprint density at radius 2 is 1.54 bits per heavy atom. The van der Waals surface area contributed by atoms with Gasteiger partial charge < -0.3 is 10.6 Å². The Balaban J connectivity index is 1.47. The number of nitrogens with two attached hydrogens (primary N) is 1. The lowest BCUT2D eigenvalue weighted by molar-refractivity contribution is -0.133. The van der Waals surface area contributed by atoms with Crippen LogP contribution in [0.2, 0.25) is 0 Å². The molecule has 1 heterocycles. The van der Waals surface area contributed by atoms with Gasteiger partial charge >= 0.3 is 0 Å². The van der Waals surface area contributed by atoms with Crippen LogP contribution in [0.25, 0.3) is 10.8 Å². The molecular formula is C21H20N2O. The SMILES string of the molecule is NC(Cc1ccc2ccccc2c1)C(=O)N1Cc2ccccc2C1. The van der Waals surface area contributed by atoms with Crippen molar-refractivity contribution < 1.29 is 4.79 Å². The van der Waals surface area contributed by atoms with E-state index in [0.29, 0.717) is 19.5 Å². The lowest BCUT2D eigenvalue weighted by Gasteiger charge is -2.20. The second-order valence-corrected chi connectivity index (χ2v) is 6.46. The summed E-state index contributed by atoms with van der Waals surface area (Å²) in [6, 6.07) is 22.2. The zero-order chi connectivity index (χ0) is 16.5. The highest BCUT2D eigenvalue weighted by Gasteiger charge is 2.26. The third kappa shape index (κ3) is 2.79. The van der Waals surface area contributed by atoms with Gasteiger partial charge in [0.05, 0.1) is 6.04 Å². The van der Waals surface area contributed by atoms with Gasteiger partial charge in [-0.25, -0.2) is 0 Å². The van der Waals surface area contributed by atoms with E-state index in [1.807, 2.05) is 29.2 Å². The van der Waals surface area contributed by atoms with E-state index in [1.165, 1.54) is 21.9 Å². The van der Waals surface area contributed by atoms with E-state index < -0.39 is 6.04 Å². The summed E-state index contributed by atoms with van der Waals surface area (Å²) >= 11 is 0. The standard InChI is InChI=1S/C21H20N2O/c22-20(12-15-9-10-16-5-1-2-6-17(16)11-15)21(24)23-13-18-7-3-4-8-19(18)14-23/h1-11,20H,12-14,22H2. The molecule has 0 radical (unpaired) electrons. The largest absolute Gasteiger partial charge is 0.333 e. The van der Waals surface area contributed by atoms with E-state index in [-0.39, 0.29) is 5.91 Å². The molecule has 1 amide bonds. The van der Waals surface area contributed by atoms with Crippen LogP contribution in [0.5, 0.6) is 0 Å². The average Bonchev–Trinajstić information content (AvgIpc) is 3.05. The molecule has 0 saturated heterocycles. The number of hydrogen-bond donors (Lipinski definition) is 1. The number of nitrogens with zero attached hydrogens (tertiary/aromatic N) is 1. The van der Waals surface area contributed by atoms with Crippen LogP contribution in [0, 0.1) is 0 Å². The third-order valence-electron chi connectivity index (χ3n) is 4.74. The Kier molecular flexibility index (Phi) is 3.79. The monoisotopic (exact) mass is 316 g/mol. The van der Waals surface area contributed by atoms with Crippen LogP contribution < -0.4 is 5.73 Å². The molecule has 0 bridgehead atoms. The third-order valence-corrected chi connectivity index (χ3v) is 4.74. The quantitative estimate of drug-likeness (QED) is 0.806. The normalized spacial score (nSPS) is 14.6. The minimum absolute atomic E-state index is 0.0272. The number of benzene rings is 3. The Labute approximate surface area is 141 Å². The Morgan fingerprint density at radius 3 is 2.25 bits per heavy atom. The fourth-order valence-electron chi connectivity index (χ4n) is 3.43. The van der Waals surface area contributed by atoms with Crippen LogP contribution in [-0.4, -0.2) is 16.8 Å². The molecule has 0 saturated carbocycles. The molecular weight excluding hydrogens is 296 g/mol. The number of amides is 1. The Hall–Kier alpha value is -2.65. The number of rotatable bonds is 3. The highest BCUT2D eigenvalue weighted by atomic mass is 16.2. The van der Waals surface area contributed by atoms with Crippen LogP contribution in [0.3, 0.4) is 0 Å². The van der Waals surface area contributed by atoms with Crippen molar-refractivity contribution in [3.05, 3.63) is 83.4 Å². The first-order valence-electron chi connectivity index (χ1n) is 8.29. The summed E-state index contributed by atoms with van der Waals surface area (Å²) in [5.74, 6) is 0.0272. The van der Waals surface area contributed by atoms with Gasteiger partial charge in [0.15, 0.2) is 0 Å². The van der Waals surface area contributed by atoms with Crippen molar-refractivity contribution in [2.75, 3.05) is 0 Å². The molecule has 3 heteroatoms. The molecule has 4 rings (SSSR count). The summed E-state index contributed by atoms with van der Waals surface area (Å²) in [6.45, 7) is 1.33. The van der Waals surface area contributed by atoms with Crippen molar-refractivity contribution >= 4 is 16.7 Å². The molecule has 0 aliphatic carbocycles. The van der Waals surface area contributed by atoms with E-state index in [0.717, 1.165) is 5.56 Å². The molecule has 1 atom stereocenters. The van der Waals surface area contributed by atoms with E-state index in [2.05, 4.69) is 42.5 Å². The number of carbonyl (C=O) groups excluding carboxylic acids is 1. The molecule has 1 aliphatic rings. The van der Waals surface area contributed by atoms with Crippen LogP contribution in [-0.2, 0) is 24.3 Å². The van der Waals surface area contributed by atoms with Gasteiger partial charge in [-0.05, 0) is 33.9 Å². The van der Waals surface area contributed by atoms with E-state index >= 15 is 0 Å². The number of carbonyl (C=O) groups is 1. The van der Waals surface area contributed by atoms with Gasteiger partial charge in [-0.15, -0.1) is 0 Å². The predicted molar refractivity (Wildman–Crippen MR) is 96.3 cm³/mol. The number of fused-ring (bicyclic) bond motifs is 2. The van der Waals surface area contributed by atoms with Crippen molar-refractivity contribution in [2.45, 2.75) is 25.6 Å². The second-order valence-electron chi connectivity index (χ2n) is 6.46. The zero-order valence-corrected chi connectivity index (χ0v) is 13.5. The first-order valence-corrected chi connectivity index (χ1v) is 8.29. The van der Waals surface area contributed by atoms with Gasteiger partial charge in [0.1, 0.15) is 0 Å². The Morgan fingerprint density at radius 1 is 0.917 bits per heavy atom. The minimum Gasteiger partial charge on any atom is -0.333 e. The molecule has 1 unspecified atom stereocenters. The van der Waals surface area contributed by atoms with Crippen molar-refractivity contribution in [3.8, 4) is 0 Å². The lowest BCUT2D eigenvalue weighted by Crippen LogP contribution is -2.42. The molecule has 24 heavy (non-hydrogen) atoms. The molecule has 120 valence electrons. The van der Waals surface area contributed by atoms with Crippen molar-refractivity contribution in [3.63, 3.8) is 0 Å². The Bertz CT molecular complexity index is 878. The summed E-state index contributed by atoms with van der Waals surface area (Å²) < 4.78 is 0. The maximum atomic E-state index is 12.7. The molecule has 0 aromatic heterocycles. The zero-order valence-electron chi connectivity index (χ0n) is 13.5. The topological polar surface area (TPSA) is 46.3 Å². The van der Waals surface area contributed by atoms with Gasteiger partial charge in [0.25, 0.3) is 0 Å². The second kappa shape index (κ2) is 6.10. The maximum Gasteiger partial charge on any atom is 0.240 e. The summed E-state index contributed by atoms with van der Waals surface area (Å²) in [6.07, 6.45) is 0.566. The smallest absolute Gasteiger partial charge is 0.240 e. The first-order chi connectivity index (χ1) is 11.7. The van der Waals surface area contributed by atoms with E-state index in [9.17, 15) is 4.79 Å².